The quantitative estimate of drug-likeness (QED) is 0.789. The summed E-state index contributed by atoms with van der Waals surface area (Å²) in [6.45, 7) is 1.08. The highest BCUT2D eigenvalue weighted by molar-refractivity contribution is 7.90. The Morgan fingerprint density at radius 1 is 1.11 bits per heavy atom. The molecule has 27 heavy (non-hydrogen) atoms. The second kappa shape index (κ2) is 6.49. The molecular weight excluding hydrogens is 364 g/mol. The zero-order valence-corrected chi connectivity index (χ0v) is 15.8. The summed E-state index contributed by atoms with van der Waals surface area (Å²) in [6.07, 6.45) is 1.93. The van der Waals surface area contributed by atoms with Crippen LogP contribution in [0, 0.1) is 0 Å². The molecule has 0 aliphatic carbocycles. The zero-order valence-electron chi connectivity index (χ0n) is 15.0. The minimum Gasteiger partial charge on any atom is -0.332 e. The van der Waals surface area contributed by atoms with E-state index in [-0.39, 0.29) is 34.9 Å². The molecule has 2 heterocycles. The maximum Gasteiger partial charge on any atom is 0.254 e. The van der Waals surface area contributed by atoms with Gasteiger partial charge in [-0.1, -0.05) is 30.3 Å². The molecule has 0 spiro atoms. The molecule has 2 aromatic carbocycles. The average Bonchev–Trinajstić information content (AvgIpc) is 2.66. The van der Waals surface area contributed by atoms with Gasteiger partial charge >= 0.3 is 0 Å². The van der Waals surface area contributed by atoms with Crippen LogP contribution in [0.25, 0.3) is 0 Å². The highest BCUT2D eigenvalue weighted by Crippen LogP contribution is 2.33. The van der Waals surface area contributed by atoms with Crippen LogP contribution < -0.4 is 0 Å². The Labute approximate surface area is 158 Å². The van der Waals surface area contributed by atoms with Gasteiger partial charge in [-0.2, -0.15) is 0 Å². The first-order chi connectivity index (χ1) is 12.8. The molecule has 1 unspecified atom stereocenters. The normalized spacial score (nSPS) is 19.4. The SMILES string of the molecule is CS(=O)(=O)c1cccc(C(=O)N2CC(=O)N3CCc4ccccc4C3C2)c1. The highest BCUT2D eigenvalue weighted by atomic mass is 32.2. The molecule has 0 N–H and O–H groups in total. The second-order valence-corrected chi connectivity index (χ2v) is 9.05. The Morgan fingerprint density at radius 3 is 2.67 bits per heavy atom. The van der Waals surface area contributed by atoms with Crippen LogP contribution in [-0.4, -0.2) is 55.9 Å². The summed E-state index contributed by atoms with van der Waals surface area (Å²) in [4.78, 5) is 29.1. The van der Waals surface area contributed by atoms with Crippen molar-refractivity contribution in [3.05, 3.63) is 65.2 Å². The fourth-order valence-corrected chi connectivity index (χ4v) is 4.54. The van der Waals surface area contributed by atoms with Crippen LogP contribution in [0.4, 0.5) is 0 Å². The predicted molar refractivity (Wildman–Crippen MR) is 100 cm³/mol. The fraction of sp³-hybridized carbons (Fsp3) is 0.300. The smallest absolute Gasteiger partial charge is 0.254 e. The van der Waals surface area contributed by atoms with E-state index in [1.165, 1.54) is 22.6 Å². The highest BCUT2D eigenvalue weighted by Gasteiger charge is 2.38. The van der Waals surface area contributed by atoms with E-state index in [0.717, 1.165) is 18.2 Å². The fourth-order valence-electron chi connectivity index (χ4n) is 3.87. The Balaban J connectivity index is 1.65. The summed E-state index contributed by atoms with van der Waals surface area (Å²) in [7, 11) is -3.41. The molecule has 1 atom stereocenters. The van der Waals surface area contributed by atoms with E-state index < -0.39 is 9.84 Å². The number of sulfone groups is 1. The summed E-state index contributed by atoms with van der Waals surface area (Å²) in [5.41, 5.74) is 2.57. The van der Waals surface area contributed by atoms with Gasteiger partial charge in [0.25, 0.3) is 5.91 Å². The summed E-state index contributed by atoms with van der Waals surface area (Å²) in [5, 5.41) is 0. The number of amides is 2. The van der Waals surface area contributed by atoms with E-state index in [2.05, 4.69) is 6.07 Å². The van der Waals surface area contributed by atoms with E-state index >= 15 is 0 Å². The number of hydrogen-bond acceptors (Lipinski definition) is 4. The van der Waals surface area contributed by atoms with Crippen molar-refractivity contribution in [1.29, 1.82) is 0 Å². The maximum atomic E-state index is 13.0. The van der Waals surface area contributed by atoms with Gasteiger partial charge in [0, 0.05) is 24.9 Å². The summed E-state index contributed by atoms with van der Waals surface area (Å²) in [5.74, 6) is -0.398. The van der Waals surface area contributed by atoms with Gasteiger partial charge in [0.05, 0.1) is 10.9 Å². The first kappa shape index (κ1) is 17.7. The van der Waals surface area contributed by atoms with Gasteiger partial charge in [-0.25, -0.2) is 8.42 Å². The van der Waals surface area contributed by atoms with Crippen molar-refractivity contribution in [1.82, 2.24) is 9.80 Å². The molecule has 6 nitrogen and oxygen atoms in total. The Morgan fingerprint density at radius 2 is 1.89 bits per heavy atom. The largest absolute Gasteiger partial charge is 0.332 e. The van der Waals surface area contributed by atoms with E-state index in [9.17, 15) is 18.0 Å². The van der Waals surface area contributed by atoms with E-state index in [1.807, 2.05) is 23.1 Å². The van der Waals surface area contributed by atoms with Gasteiger partial charge in [0.2, 0.25) is 5.91 Å². The van der Waals surface area contributed by atoms with Gasteiger partial charge in [0.1, 0.15) is 6.54 Å². The van der Waals surface area contributed by atoms with Crippen molar-refractivity contribution >= 4 is 21.7 Å². The molecule has 2 aliphatic heterocycles. The summed E-state index contributed by atoms with van der Waals surface area (Å²) >= 11 is 0. The standard InChI is InChI=1S/C20H20N2O4S/c1-27(25,26)16-7-4-6-15(11-16)20(24)21-12-18-17-8-3-2-5-14(17)9-10-22(18)19(23)13-21/h2-8,11,18H,9-10,12-13H2,1H3. The van der Waals surface area contributed by atoms with E-state index in [4.69, 9.17) is 0 Å². The number of hydrogen-bond donors (Lipinski definition) is 0. The lowest BCUT2D eigenvalue weighted by Crippen LogP contribution is -2.55. The van der Waals surface area contributed by atoms with Crippen LogP contribution in [0.1, 0.15) is 27.5 Å². The first-order valence-corrected chi connectivity index (χ1v) is 10.7. The minimum atomic E-state index is -3.41. The van der Waals surface area contributed by atoms with Gasteiger partial charge in [0.15, 0.2) is 9.84 Å². The molecule has 2 amide bonds. The molecule has 0 saturated carbocycles. The lowest BCUT2D eigenvalue weighted by molar-refractivity contribution is -0.139. The number of benzene rings is 2. The van der Waals surface area contributed by atoms with Crippen LogP contribution in [-0.2, 0) is 21.1 Å². The topological polar surface area (TPSA) is 74.8 Å². The molecule has 140 valence electrons. The predicted octanol–water partition coefficient (Wildman–Crippen LogP) is 1.67. The van der Waals surface area contributed by atoms with Crippen LogP contribution in [0.3, 0.4) is 0 Å². The van der Waals surface area contributed by atoms with Gasteiger partial charge in [-0.15, -0.1) is 0 Å². The van der Waals surface area contributed by atoms with Gasteiger partial charge in [-0.3, -0.25) is 9.59 Å². The monoisotopic (exact) mass is 384 g/mol. The second-order valence-electron chi connectivity index (χ2n) is 7.04. The number of fused-ring (bicyclic) bond motifs is 3. The minimum absolute atomic E-state index is 0.0145. The number of nitrogens with zero attached hydrogens (tertiary/aromatic N) is 2. The third-order valence-corrected chi connectivity index (χ3v) is 6.36. The van der Waals surface area contributed by atoms with Crippen molar-refractivity contribution in [2.75, 3.05) is 25.9 Å². The van der Waals surface area contributed by atoms with Gasteiger partial charge < -0.3 is 9.80 Å². The third kappa shape index (κ3) is 3.23. The van der Waals surface area contributed by atoms with Crippen LogP contribution >= 0.6 is 0 Å². The lowest BCUT2D eigenvalue weighted by atomic mass is 9.90. The lowest BCUT2D eigenvalue weighted by Gasteiger charge is -2.44. The first-order valence-electron chi connectivity index (χ1n) is 8.81. The summed E-state index contributed by atoms with van der Waals surface area (Å²) < 4.78 is 23.6. The van der Waals surface area contributed by atoms with Crippen molar-refractivity contribution < 1.29 is 18.0 Å². The Bertz CT molecular complexity index is 1030. The van der Waals surface area contributed by atoms with Crippen molar-refractivity contribution in [3.63, 3.8) is 0 Å². The molecular formula is C20H20N2O4S. The molecule has 7 heteroatoms. The molecule has 1 saturated heterocycles. The van der Waals surface area contributed by atoms with Gasteiger partial charge in [-0.05, 0) is 35.7 Å². The molecule has 4 rings (SSSR count). The van der Waals surface area contributed by atoms with Crippen molar-refractivity contribution in [2.45, 2.75) is 17.4 Å². The Hall–Kier alpha value is -2.67. The summed E-state index contributed by atoms with van der Waals surface area (Å²) in [6, 6.07) is 13.8. The van der Waals surface area contributed by atoms with Crippen molar-refractivity contribution in [2.24, 2.45) is 0 Å². The molecule has 0 radical (unpaired) electrons. The van der Waals surface area contributed by atoms with Crippen LogP contribution in [0.15, 0.2) is 53.4 Å². The van der Waals surface area contributed by atoms with E-state index in [0.29, 0.717) is 13.1 Å². The molecule has 2 aromatic rings. The number of carbonyl (C=O) groups excluding carboxylic acids is 2. The van der Waals surface area contributed by atoms with Crippen molar-refractivity contribution in [3.8, 4) is 0 Å². The number of rotatable bonds is 2. The number of piperazine rings is 1. The van der Waals surface area contributed by atoms with Crippen LogP contribution in [0.2, 0.25) is 0 Å². The van der Waals surface area contributed by atoms with Crippen LogP contribution in [0.5, 0.6) is 0 Å². The molecule has 2 aliphatic rings. The molecule has 1 fully saturated rings. The zero-order chi connectivity index (χ0) is 19.2. The average molecular weight is 384 g/mol. The third-order valence-electron chi connectivity index (χ3n) is 5.25. The van der Waals surface area contributed by atoms with E-state index in [1.54, 1.807) is 12.1 Å². The molecule has 0 bridgehead atoms. The maximum absolute atomic E-state index is 13.0. The number of carbonyl (C=O) groups is 2. The Kier molecular flexibility index (Phi) is 4.26. The molecule has 0 aromatic heterocycles.